The van der Waals surface area contributed by atoms with Crippen molar-refractivity contribution in [3.8, 4) is 0 Å². The Morgan fingerprint density at radius 2 is 2.00 bits per heavy atom. The van der Waals surface area contributed by atoms with Crippen LogP contribution in [0, 0.1) is 11.8 Å². The number of hydrogen-bond acceptors (Lipinski definition) is 2. The molecule has 106 valence electrons. The van der Waals surface area contributed by atoms with E-state index >= 15 is 0 Å². The van der Waals surface area contributed by atoms with Gasteiger partial charge in [0, 0.05) is 12.6 Å². The summed E-state index contributed by atoms with van der Waals surface area (Å²) in [6.07, 6.45) is 7.45. The second-order valence-corrected chi connectivity index (χ2v) is 6.22. The number of rotatable bonds is 6. The number of carbonyl (C=O) groups excluding carboxylic acids is 1. The Hall–Kier alpha value is -0.570. The van der Waals surface area contributed by atoms with E-state index in [0.29, 0.717) is 18.5 Å². The lowest BCUT2D eigenvalue weighted by Gasteiger charge is -2.16. The van der Waals surface area contributed by atoms with E-state index in [1.807, 2.05) is 0 Å². The molecule has 0 aliphatic heterocycles. The summed E-state index contributed by atoms with van der Waals surface area (Å²) in [7, 11) is 0. The summed E-state index contributed by atoms with van der Waals surface area (Å²) in [5.41, 5.74) is 0. The lowest BCUT2D eigenvalue weighted by atomic mass is 10.0. The first kappa shape index (κ1) is 15.5. The molecule has 1 aliphatic carbocycles. The summed E-state index contributed by atoms with van der Waals surface area (Å²) in [6.45, 7) is 7.98. The average molecular weight is 254 g/mol. The average Bonchev–Trinajstić information content (AvgIpc) is 2.51. The van der Waals surface area contributed by atoms with Crippen LogP contribution in [0.25, 0.3) is 0 Å². The fraction of sp³-hybridized carbons (Fsp3) is 0.933. The van der Waals surface area contributed by atoms with Crippen molar-refractivity contribution in [3.05, 3.63) is 0 Å². The van der Waals surface area contributed by atoms with E-state index in [1.165, 1.54) is 32.1 Å². The fourth-order valence-corrected chi connectivity index (χ4v) is 2.49. The van der Waals surface area contributed by atoms with E-state index in [0.717, 1.165) is 18.9 Å². The minimum Gasteiger partial charge on any atom is -0.355 e. The summed E-state index contributed by atoms with van der Waals surface area (Å²) in [6, 6.07) is 0.547. The van der Waals surface area contributed by atoms with Gasteiger partial charge in [0.25, 0.3) is 0 Å². The molecule has 1 fully saturated rings. The topological polar surface area (TPSA) is 41.1 Å². The maximum Gasteiger partial charge on any atom is 0.233 e. The van der Waals surface area contributed by atoms with Crippen LogP contribution in [0.5, 0.6) is 0 Å². The molecule has 1 aliphatic rings. The first-order valence-corrected chi connectivity index (χ1v) is 7.58. The van der Waals surface area contributed by atoms with Crippen LogP contribution in [-0.4, -0.2) is 25.0 Å². The van der Waals surface area contributed by atoms with Gasteiger partial charge in [0.15, 0.2) is 0 Å². The molecule has 0 heterocycles. The molecule has 18 heavy (non-hydrogen) atoms. The third kappa shape index (κ3) is 7.00. The number of amides is 1. The van der Waals surface area contributed by atoms with Crippen molar-refractivity contribution < 1.29 is 4.79 Å². The molecule has 1 rings (SSSR count). The fourth-order valence-electron chi connectivity index (χ4n) is 2.49. The Morgan fingerprint density at radius 3 is 2.72 bits per heavy atom. The summed E-state index contributed by atoms with van der Waals surface area (Å²) >= 11 is 0. The van der Waals surface area contributed by atoms with Crippen LogP contribution in [0.3, 0.4) is 0 Å². The first-order chi connectivity index (χ1) is 8.58. The highest BCUT2D eigenvalue weighted by Gasteiger charge is 2.16. The van der Waals surface area contributed by atoms with E-state index in [2.05, 4.69) is 31.4 Å². The monoisotopic (exact) mass is 254 g/mol. The molecule has 2 unspecified atom stereocenters. The van der Waals surface area contributed by atoms with Gasteiger partial charge in [-0.3, -0.25) is 4.79 Å². The molecule has 0 aromatic carbocycles. The van der Waals surface area contributed by atoms with Gasteiger partial charge < -0.3 is 10.6 Å². The van der Waals surface area contributed by atoms with Crippen LogP contribution >= 0.6 is 0 Å². The van der Waals surface area contributed by atoms with E-state index in [4.69, 9.17) is 0 Å². The van der Waals surface area contributed by atoms with Crippen molar-refractivity contribution in [2.75, 3.05) is 13.1 Å². The Balaban J connectivity index is 2.10. The molecule has 3 heteroatoms. The zero-order valence-corrected chi connectivity index (χ0v) is 12.3. The van der Waals surface area contributed by atoms with Crippen LogP contribution in [0.2, 0.25) is 0 Å². The van der Waals surface area contributed by atoms with E-state index in [1.54, 1.807) is 0 Å². The Labute approximate surface area is 112 Å². The van der Waals surface area contributed by atoms with Crippen LogP contribution in [0.15, 0.2) is 0 Å². The molecule has 0 spiro atoms. The lowest BCUT2D eigenvalue weighted by Crippen LogP contribution is -2.39. The summed E-state index contributed by atoms with van der Waals surface area (Å²) in [5.74, 6) is 1.66. The SMILES string of the molecule is CC(C)CCNC(=O)CNC1CCCC(C)CC1. The van der Waals surface area contributed by atoms with Crippen LogP contribution in [0.1, 0.15) is 59.3 Å². The highest BCUT2D eigenvalue weighted by Crippen LogP contribution is 2.22. The molecule has 0 bridgehead atoms. The molecule has 0 saturated heterocycles. The molecule has 2 N–H and O–H groups in total. The van der Waals surface area contributed by atoms with Gasteiger partial charge in [-0.25, -0.2) is 0 Å². The first-order valence-electron chi connectivity index (χ1n) is 7.58. The predicted molar refractivity (Wildman–Crippen MR) is 76.5 cm³/mol. The van der Waals surface area contributed by atoms with Gasteiger partial charge in [-0.05, 0) is 37.5 Å². The van der Waals surface area contributed by atoms with Crippen LogP contribution in [-0.2, 0) is 4.79 Å². The van der Waals surface area contributed by atoms with Gasteiger partial charge in [0.2, 0.25) is 5.91 Å². The van der Waals surface area contributed by atoms with Gasteiger partial charge in [-0.2, -0.15) is 0 Å². The molecule has 0 aromatic heterocycles. The van der Waals surface area contributed by atoms with Gasteiger partial charge in [0.1, 0.15) is 0 Å². The van der Waals surface area contributed by atoms with Crippen molar-refractivity contribution in [2.24, 2.45) is 11.8 Å². The van der Waals surface area contributed by atoms with Crippen molar-refractivity contribution in [3.63, 3.8) is 0 Å². The molecular weight excluding hydrogens is 224 g/mol. The molecule has 0 radical (unpaired) electrons. The zero-order valence-electron chi connectivity index (χ0n) is 12.3. The largest absolute Gasteiger partial charge is 0.355 e. The quantitative estimate of drug-likeness (QED) is 0.716. The standard InChI is InChI=1S/C15H30N2O/c1-12(2)9-10-16-15(18)11-17-14-6-4-5-13(3)7-8-14/h12-14,17H,4-11H2,1-3H3,(H,16,18). The van der Waals surface area contributed by atoms with Crippen molar-refractivity contribution in [2.45, 2.75) is 65.3 Å². The Kier molecular flexibility index (Phi) is 7.33. The van der Waals surface area contributed by atoms with Crippen molar-refractivity contribution in [1.82, 2.24) is 10.6 Å². The normalized spacial score (nSPS) is 24.9. The molecule has 2 atom stereocenters. The second-order valence-electron chi connectivity index (χ2n) is 6.22. The van der Waals surface area contributed by atoms with E-state index in [-0.39, 0.29) is 5.91 Å². The molecule has 3 nitrogen and oxygen atoms in total. The minimum absolute atomic E-state index is 0.146. The van der Waals surface area contributed by atoms with Gasteiger partial charge in [0.05, 0.1) is 6.54 Å². The number of carbonyl (C=O) groups is 1. The molecule has 0 aromatic rings. The predicted octanol–water partition coefficient (Wildman–Crippen LogP) is 2.71. The number of nitrogens with one attached hydrogen (secondary N) is 2. The van der Waals surface area contributed by atoms with E-state index < -0.39 is 0 Å². The highest BCUT2D eigenvalue weighted by molar-refractivity contribution is 5.77. The van der Waals surface area contributed by atoms with Crippen LogP contribution in [0.4, 0.5) is 0 Å². The zero-order chi connectivity index (χ0) is 13.4. The minimum atomic E-state index is 0.146. The third-order valence-corrected chi connectivity index (χ3v) is 3.85. The van der Waals surface area contributed by atoms with Crippen molar-refractivity contribution >= 4 is 5.91 Å². The van der Waals surface area contributed by atoms with E-state index in [9.17, 15) is 4.79 Å². The Bertz CT molecular complexity index is 241. The summed E-state index contributed by atoms with van der Waals surface area (Å²) in [4.78, 5) is 11.6. The summed E-state index contributed by atoms with van der Waals surface area (Å²) in [5, 5.41) is 6.38. The lowest BCUT2D eigenvalue weighted by molar-refractivity contribution is -0.120. The van der Waals surface area contributed by atoms with Gasteiger partial charge in [-0.15, -0.1) is 0 Å². The highest BCUT2D eigenvalue weighted by atomic mass is 16.1. The van der Waals surface area contributed by atoms with Gasteiger partial charge in [-0.1, -0.05) is 33.6 Å². The number of hydrogen-bond donors (Lipinski definition) is 2. The molecule has 1 amide bonds. The van der Waals surface area contributed by atoms with Crippen LogP contribution < -0.4 is 10.6 Å². The van der Waals surface area contributed by atoms with Crippen molar-refractivity contribution in [1.29, 1.82) is 0 Å². The maximum atomic E-state index is 11.6. The Morgan fingerprint density at radius 1 is 1.22 bits per heavy atom. The summed E-state index contributed by atoms with van der Waals surface area (Å²) < 4.78 is 0. The molecule has 1 saturated carbocycles. The maximum absolute atomic E-state index is 11.6. The second kappa shape index (κ2) is 8.52. The molecular formula is C15H30N2O. The smallest absolute Gasteiger partial charge is 0.233 e. The van der Waals surface area contributed by atoms with Gasteiger partial charge >= 0.3 is 0 Å². The third-order valence-electron chi connectivity index (χ3n) is 3.85.